The third-order valence-corrected chi connectivity index (χ3v) is 4.62. The molecule has 0 aliphatic rings. The number of carbonyl (C=O) groups is 1. The lowest BCUT2D eigenvalue weighted by atomic mass is 9.88. The number of aliphatic hydroxyl groups excluding tert-OH is 1. The summed E-state index contributed by atoms with van der Waals surface area (Å²) in [6.07, 6.45) is 2.68. The molecule has 2 atom stereocenters. The van der Waals surface area contributed by atoms with E-state index in [-0.39, 0.29) is 24.3 Å². The van der Waals surface area contributed by atoms with E-state index in [0.29, 0.717) is 0 Å². The first-order valence-electron chi connectivity index (χ1n) is 8.90. The predicted octanol–water partition coefficient (Wildman–Crippen LogP) is 3.82. The summed E-state index contributed by atoms with van der Waals surface area (Å²) in [4.78, 5) is 16.8. The fourth-order valence-electron chi connectivity index (χ4n) is 3.24. The molecule has 2 aromatic carbocycles. The minimum absolute atomic E-state index is 0.0900. The highest BCUT2D eigenvalue weighted by molar-refractivity contribution is 5.84. The first-order chi connectivity index (χ1) is 12.6. The van der Waals surface area contributed by atoms with Crippen LogP contribution < -0.4 is 5.32 Å². The lowest BCUT2D eigenvalue weighted by Crippen LogP contribution is -2.34. The van der Waals surface area contributed by atoms with Gasteiger partial charge in [-0.3, -0.25) is 9.78 Å². The maximum Gasteiger partial charge on any atom is 0.227 e. The molecule has 1 heterocycles. The van der Waals surface area contributed by atoms with Gasteiger partial charge in [-0.15, -0.1) is 0 Å². The Balaban J connectivity index is 1.69. The van der Waals surface area contributed by atoms with Crippen molar-refractivity contribution in [1.29, 1.82) is 0 Å². The van der Waals surface area contributed by atoms with Crippen LogP contribution in [-0.4, -0.2) is 22.5 Å². The van der Waals surface area contributed by atoms with E-state index >= 15 is 0 Å². The maximum absolute atomic E-state index is 12.7. The van der Waals surface area contributed by atoms with Crippen LogP contribution >= 0.6 is 0 Å². The minimum Gasteiger partial charge on any atom is -0.387 e. The zero-order chi connectivity index (χ0) is 18.5. The molecule has 2 N–H and O–H groups in total. The smallest absolute Gasteiger partial charge is 0.227 e. The zero-order valence-corrected chi connectivity index (χ0v) is 15.1. The summed E-state index contributed by atoms with van der Waals surface area (Å²) in [5, 5.41) is 15.6. The summed E-state index contributed by atoms with van der Waals surface area (Å²) >= 11 is 0. The summed E-state index contributed by atoms with van der Waals surface area (Å²) in [5.74, 6) is -0.239. The molecule has 1 aromatic heterocycles. The molecule has 134 valence electrons. The van der Waals surface area contributed by atoms with Gasteiger partial charge < -0.3 is 10.4 Å². The van der Waals surface area contributed by atoms with Crippen molar-refractivity contribution in [3.05, 3.63) is 78.1 Å². The molecule has 0 aliphatic heterocycles. The van der Waals surface area contributed by atoms with Crippen molar-refractivity contribution in [3.63, 3.8) is 0 Å². The number of nitrogens with zero attached hydrogens (tertiary/aromatic N) is 1. The number of aromatic nitrogens is 1. The molecule has 3 rings (SSSR count). The van der Waals surface area contributed by atoms with Gasteiger partial charge in [0.15, 0.2) is 0 Å². The van der Waals surface area contributed by atoms with Crippen molar-refractivity contribution in [2.75, 3.05) is 6.54 Å². The quantitative estimate of drug-likeness (QED) is 0.712. The molecule has 0 bridgehead atoms. The predicted molar refractivity (Wildman–Crippen MR) is 104 cm³/mol. The molecule has 1 amide bonds. The molecular formula is C22H24N2O2. The van der Waals surface area contributed by atoms with Gasteiger partial charge >= 0.3 is 0 Å². The van der Waals surface area contributed by atoms with Crippen LogP contribution in [0.2, 0.25) is 0 Å². The van der Waals surface area contributed by atoms with Crippen molar-refractivity contribution >= 4 is 16.7 Å². The molecule has 4 heteroatoms. The number of nitrogens with one attached hydrogen (secondary N) is 1. The number of benzene rings is 2. The van der Waals surface area contributed by atoms with Crippen molar-refractivity contribution in [2.45, 2.75) is 25.9 Å². The van der Waals surface area contributed by atoms with Gasteiger partial charge in [-0.05, 0) is 39.9 Å². The lowest BCUT2D eigenvalue weighted by molar-refractivity contribution is -0.124. The fourth-order valence-corrected chi connectivity index (χ4v) is 3.24. The lowest BCUT2D eigenvalue weighted by Gasteiger charge is -2.21. The van der Waals surface area contributed by atoms with Gasteiger partial charge in [-0.25, -0.2) is 0 Å². The van der Waals surface area contributed by atoms with E-state index < -0.39 is 6.10 Å². The Morgan fingerprint density at radius 3 is 2.50 bits per heavy atom. The molecule has 0 fully saturated rings. The SMILES string of the molecule is CC(C)C(C(=O)NCC(O)c1ccc2ccccc2c1)c1cccnc1. The third-order valence-electron chi connectivity index (χ3n) is 4.62. The van der Waals surface area contributed by atoms with Gasteiger partial charge in [0.25, 0.3) is 0 Å². The summed E-state index contributed by atoms with van der Waals surface area (Å²) in [7, 11) is 0. The number of pyridine rings is 1. The van der Waals surface area contributed by atoms with Crippen LogP contribution in [0.15, 0.2) is 67.0 Å². The van der Waals surface area contributed by atoms with Gasteiger partial charge in [0, 0.05) is 18.9 Å². The molecule has 2 unspecified atom stereocenters. The molecule has 0 radical (unpaired) electrons. The first kappa shape index (κ1) is 18.1. The molecular weight excluding hydrogens is 324 g/mol. The molecule has 4 nitrogen and oxygen atoms in total. The summed E-state index contributed by atoms with van der Waals surface area (Å²) in [5.41, 5.74) is 1.69. The molecule has 0 saturated carbocycles. The van der Waals surface area contributed by atoms with E-state index in [1.54, 1.807) is 12.4 Å². The average molecular weight is 348 g/mol. The summed E-state index contributed by atoms with van der Waals surface area (Å²) < 4.78 is 0. The van der Waals surface area contributed by atoms with Crippen LogP contribution in [0.4, 0.5) is 0 Å². The summed E-state index contributed by atoms with van der Waals surface area (Å²) in [6.45, 7) is 4.20. The van der Waals surface area contributed by atoms with Crippen LogP contribution in [0.3, 0.4) is 0 Å². The molecule has 26 heavy (non-hydrogen) atoms. The fraction of sp³-hybridized carbons (Fsp3) is 0.273. The number of rotatable bonds is 6. The topological polar surface area (TPSA) is 62.2 Å². The standard InChI is InChI=1S/C22H24N2O2/c1-15(2)21(19-8-5-11-23-13-19)22(26)24-14-20(25)18-10-9-16-6-3-4-7-17(16)12-18/h3-13,15,20-21,25H,14H2,1-2H3,(H,24,26). The molecule has 3 aromatic rings. The van der Waals surface area contributed by atoms with Crippen LogP contribution in [-0.2, 0) is 4.79 Å². The normalized spacial score (nSPS) is 13.5. The Labute approximate surface area is 153 Å². The number of amides is 1. The number of aliphatic hydroxyl groups is 1. The van der Waals surface area contributed by atoms with Crippen LogP contribution in [0.5, 0.6) is 0 Å². The first-order valence-corrected chi connectivity index (χ1v) is 8.90. The van der Waals surface area contributed by atoms with E-state index in [0.717, 1.165) is 21.9 Å². The number of carbonyl (C=O) groups excluding carboxylic acids is 1. The van der Waals surface area contributed by atoms with Gasteiger partial charge in [0.1, 0.15) is 0 Å². The Hall–Kier alpha value is -2.72. The van der Waals surface area contributed by atoms with Gasteiger partial charge in [0.2, 0.25) is 5.91 Å². The average Bonchev–Trinajstić information content (AvgIpc) is 2.66. The van der Waals surface area contributed by atoms with E-state index in [1.165, 1.54) is 0 Å². The highest BCUT2D eigenvalue weighted by atomic mass is 16.3. The van der Waals surface area contributed by atoms with Crippen LogP contribution in [0.1, 0.15) is 37.0 Å². The summed E-state index contributed by atoms with van der Waals surface area (Å²) in [6, 6.07) is 17.6. The maximum atomic E-state index is 12.7. The Kier molecular flexibility index (Phi) is 5.64. The van der Waals surface area contributed by atoms with Crippen molar-refractivity contribution in [2.24, 2.45) is 5.92 Å². The van der Waals surface area contributed by atoms with E-state index in [1.807, 2.05) is 68.4 Å². The Bertz CT molecular complexity index is 877. The molecule has 0 saturated heterocycles. The van der Waals surface area contributed by atoms with Gasteiger partial charge in [-0.2, -0.15) is 0 Å². The Morgan fingerprint density at radius 2 is 1.81 bits per heavy atom. The van der Waals surface area contributed by atoms with Crippen LogP contribution in [0.25, 0.3) is 10.8 Å². The van der Waals surface area contributed by atoms with Gasteiger partial charge in [0.05, 0.1) is 12.0 Å². The van der Waals surface area contributed by atoms with E-state index in [4.69, 9.17) is 0 Å². The molecule has 0 spiro atoms. The highest BCUT2D eigenvalue weighted by Crippen LogP contribution is 2.24. The number of fused-ring (bicyclic) bond motifs is 1. The highest BCUT2D eigenvalue weighted by Gasteiger charge is 2.24. The van der Waals surface area contributed by atoms with Gasteiger partial charge in [-0.1, -0.05) is 56.3 Å². The van der Waals surface area contributed by atoms with Crippen molar-refractivity contribution < 1.29 is 9.90 Å². The Morgan fingerprint density at radius 1 is 1.04 bits per heavy atom. The second-order valence-electron chi connectivity index (χ2n) is 6.88. The largest absolute Gasteiger partial charge is 0.387 e. The number of hydrogen-bond acceptors (Lipinski definition) is 3. The van der Waals surface area contributed by atoms with E-state index in [2.05, 4.69) is 10.3 Å². The second kappa shape index (κ2) is 8.11. The zero-order valence-electron chi connectivity index (χ0n) is 15.1. The second-order valence-corrected chi connectivity index (χ2v) is 6.88. The number of hydrogen-bond donors (Lipinski definition) is 2. The van der Waals surface area contributed by atoms with Crippen molar-refractivity contribution in [1.82, 2.24) is 10.3 Å². The molecule has 0 aliphatic carbocycles. The monoisotopic (exact) mass is 348 g/mol. The van der Waals surface area contributed by atoms with Crippen LogP contribution in [0, 0.1) is 5.92 Å². The van der Waals surface area contributed by atoms with Crippen molar-refractivity contribution in [3.8, 4) is 0 Å². The van der Waals surface area contributed by atoms with E-state index in [9.17, 15) is 9.90 Å². The third kappa shape index (κ3) is 4.09. The minimum atomic E-state index is -0.745.